The van der Waals surface area contributed by atoms with E-state index >= 15 is 0 Å². The Bertz CT molecular complexity index is 404. The predicted octanol–water partition coefficient (Wildman–Crippen LogP) is 0.103. The monoisotopic (exact) mass is 221 g/mol. The van der Waals surface area contributed by atoms with Crippen LogP contribution in [0.25, 0.3) is 0 Å². The van der Waals surface area contributed by atoms with Crippen LogP contribution in [-0.4, -0.2) is 23.3 Å². The summed E-state index contributed by atoms with van der Waals surface area (Å²) in [6.07, 6.45) is 0. The molecule has 0 aliphatic carbocycles. The minimum atomic E-state index is -0.529. The highest BCUT2D eigenvalue weighted by atomic mass is 16.2. The molecule has 0 atom stereocenters. The lowest BCUT2D eigenvalue weighted by Crippen LogP contribution is -2.36. The van der Waals surface area contributed by atoms with Crippen molar-refractivity contribution < 1.29 is 9.59 Å². The van der Waals surface area contributed by atoms with Gasteiger partial charge in [0.05, 0.1) is 6.54 Å². The molecule has 5 heteroatoms. The largest absolute Gasteiger partial charge is 0.399 e. The van der Waals surface area contributed by atoms with E-state index in [1.807, 2.05) is 6.07 Å². The Kier molecular flexibility index (Phi) is 3.88. The Morgan fingerprint density at radius 2 is 2.06 bits per heavy atom. The second-order valence-electron chi connectivity index (χ2n) is 3.59. The third-order valence-electron chi connectivity index (χ3n) is 2.12. The molecular weight excluding hydrogens is 206 g/mol. The molecular formula is C11H15N3O2. The first-order valence-electron chi connectivity index (χ1n) is 4.87. The van der Waals surface area contributed by atoms with Crippen LogP contribution in [-0.2, 0) is 16.1 Å². The molecule has 0 heterocycles. The zero-order valence-electron chi connectivity index (χ0n) is 9.14. The Hall–Kier alpha value is -2.04. The van der Waals surface area contributed by atoms with E-state index in [-0.39, 0.29) is 12.5 Å². The molecule has 1 aromatic rings. The van der Waals surface area contributed by atoms with Crippen molar-refractivity contribution in [2.24, 2.45) is 5.73 Å². The van der Waals surface area contributed by atoms with E-state index < -0.39 is 5.91 Å². The smallest absolute Gasteiger partial charge is 0.237 e. The maximum atomic E-state index is 11.3. The van der Waals surface area contributed by atoms with Crippen molar-refractivity contribution in [3.8, 4) is 0 Å². The topological polar surface area (TPSA) is 89.4 Å². The number of nitrogens with two attached hydrogens (primary N) is 2. The molecule has 0 radical (unpaired) electrons. The van der Waals surface area contributed by atoms with Gasteiger partial charge >= 0.3 is 0 Å². The number of anilines is 1. The quantitative estimate of drug-likeness (QED) is 0.707. The fourth-order valence-corrected chi connectivity index (χ4v) is 1.38. The summed E-state index contributed by atoms with van der Waals surface area (Å²) in [5.41, 5.74) is 12.2. The number of amides is 2. The van der Waals surface area contributed by atoms with E-state index in [0.29, 0.717) is 12.2 Å². The summed E-state index contributed by atoms with van der Waals surface area (Å²) < 4.78 is 0. The van der Waals surface area contributed by atoms with Crippen molar-refractivity contribution in [2.45, 2.75) is 13.5 Å². The molecule has 0 aliphatic heterocycles. The average molecular weight is 221 g/mol. The van der Waals surface area contributed by atoms with Gasteiger partial charge in [0.2, 0.25) is 11.8 Å². The zero-order chi connectivity index (χ0) is 12.1. The third kappa shape index (κ3) is 3.61. The van der Waals surface area contributed by atoms with Gasteiger partial charge in [-0.25, -0.2) is 0 Å². The molecule has 5 nitrogen and oxygen atoms in total. The molecule has 2 amide bonds. The van der Waals surface area contributed by atoms with Crippen LogP contribution in [0.3, 0.4) is 0 Å². The highest BCUT2D eigenvalue weighted by molar-refractivity contribution is 5.82. The minimum Gasteiger partial charge on any atom is -0.399 e. The summed E-state index contributed by atoms with van der Waals surface area (Å²) in [5, 5.41) is 0. The van der Waals surface area contributed by atoms with Crippen molar-refractivity contribution in [1.29, 1.82) is 0 Å². The van der Waals surface area contributed by atoms with Gasteiger partial charge in [0.1, 0.15) is 0 Å². The minimum absolute atomic E-state index is 0.0792. The van der Waals surface area contributed by atoms with Crippen molar-refractivity contribution in [1.82, 2.24) is 4.90 Å². The van der Waals surface area contributed by atoms with E-state index in [1.54, 1.807) is 18.2 Å². The van der Waals surface area contributed by atoms with Crippen LogP contribution in [0.2, 0.25) is 0 Å². The van der Waals surface area contributed by atoms with Gasteiger partial charge < -0.3 is 16.4 Å². The summed E-state index contributed by atoms with van der Waals surface area (Å²) in [5.74, 6) is -0.722. The molecule has 4 N–H and O–H groups in total. The summed E-state index contributed by atoms with van der Waals surface area (Å²) >= 11 is 0. The van der Waals surface area contributed by atoms with Gasteiger partial charge in [-0.3, -0.25) is 9.59 Å². The van der Waals surface area contributed by atoms with Crippen molar-refractivity contribution >= 4 is 17.5 Å². The average Bonchev–Trinajstić information content (AvgIpc) is 2.15. The van der Waals surface area contributed by atoms with Crippen molar-refractivity contribution in [2.75, 3.05) is 12.3 Å². The van der Waals surface area contributed by atoms with Gasteiger partial charge in [-0.2, -0.15) is 0 Å². The molecule has 1 aromatic carbocycles. The summed E-state index contributed by atoms with van der Waals surface area (Å²) in [4.78, 5) is 23.4. The first-order valence-corrected chi connectivity index (χ1v) is 4.87. The number of primary amides is 1. The van der Waals surface area contributed by atoms with Crippen LogP contribution in [0.15, 0.2) is 24.3 Å². The fourth-order valence-electron chi connectivity index (χ4n) is 1.38. The molecule has 16 heavy (non-hydrogen) atoms. The van der Waals surface area contributed by atoms with Gasteiger partial charge in [-0.05, 0) is 17.7 Å². The second-order valence-corrected chi connectivity index (χ2v) is 3.59. The SMILES string of the molecule is CC(=O)N(CC(N)=O)Cc1cccc(N)c1. The van der Waals surface area contributed by atoms with Gasteiger partial charge in [-0.1, -0.05) is 12.1 Å². The Balaban J connectivity index is 2.75. The Morgan fingerprint density at radius 3 is 2.56 bits per heavy atom. The second kappa shape index (κ2) is 5.16. The number of hydrogen-bond acceptors (Lipinski definition) is 3. The van der Waals surface area contributed by atoms with Crippen molar-refractivity contribution in [3.63, 3.8) is 0 Å². The zero-order valence-corrected chi connectivity index (χ0v) is 9.14. The first kappa shape index (κ1) is 12.0. The van der Waals surface area contributed by atoms with Crippen LogP contribution >= 0.6 is 0 Å². The number of carbonyl (C=O) groups excluding carboxylic acids is 2. The third-order valence-corrected chi connectivity index (χ3v) is 2.12. The van der Waals surface area contributed by atoms with E-state index in [4.69, 9.17) is 11.5 Å². The number of rotatable bonds is 4. The lowest BCUT2D eigenvalue weighted by molar-refractivity contribution is -0.133. The summed E-state index contributed by atoms with van der Waals surface area (Å²) in [7, 11) is 0. The first-order chi connectivity index (χ1) is 7.49. The molecule has 0 bridgehead atoms. The highest BCUT2D eigenvalue weighted by Crippen LogP contribution is 2.09. The van der Waals surface area contributed by atoms with E-state index in [0.717, 1.165) is 5.56 Å². The predicted molar refractivity (Wildman–Crippen MR) is 61.1 cm³/mol. The maximum Gasteiger partial charge on any atom is 0.237 e. The summed E-state index contributed by atoms with van der Waals surface area (Å²) in [6, 6.07) is 7.16. The van der Waals surface area contributed by atoms with Crippen LogP contribution in [0, 0.1) is 0 Å². The molecule has 0 spiro atoms. The number of nitrogens with zero attached hydrogens (tertiary/aromatic N) is 1. The number of carbonyl (C=O) groups is 2. The van der Waals surface area contributed by atoms with Gasteiger partial charge in [0, 0.05) is 19.2 Å². The molecule has 0 unspecified atom stereocenters. The molecule has 0 fully saturated rings. The van der Waals surface area contributed by atoms with Gasteiger partial charge in [0.25, 0.3) is 0 Å². The number of nitrogen functional groups attached to an aromatic ring is 1. The molecule has 0 saturated heterocycles. The molecule has 0 aliphatic rings. The highest BCUT2D eigenvalue weighted by Gasteiger charge is 2.11. The van der Waals surface area contributed by atoms with Crippen LogP contribution in [0.5, 0.6) is 0 Å². The van der Waals surface area contributed by atoms with Gasteiger partial charge in [-0.15, -0.1) is 0 Å². The van der Waals surface area contributed by atoms with Crippen LogP contribution in [0.1, 0.15) is 12.5 Å². The van der Waals surface area contributed by atoms with Crippen molar-refractivity contribution in [3.05, 3.63) is 29.8 Å². The summed E-state index contributed by atoms with van der Waals surface area (Å²) in [6.45, 7) is 1.66. The lowest BCUT2D eigenvalue weighted by Gasteiger charge is -2.19. The Morgan fingerprint density at radius 1 is 1.38 bits per heavy atom. The fraction of sp³-hybridized carbons (Fsp3) is 0.273. The van der Waals surface area contributed by atoms with Crippen LogP contribution < -0.4 is 11.5 Å². The van der Waals surface area contributed by atoms with Crippen LogP contribution in [0.4, 0.5) is 5.69 Å². The van der Waals surface area contributed by atoms with Gasteiger partial charge in [0.15, 0.2) is 0 Å². The van der Waals surface area contributed by atoms with E-state index in [2.05, 4.69) is 0 Å². The number of benzene rings is 1. The molecule has 86 valence electrons. The molecule has 1 rings (SSSR count). The van der Waals surface area contributed by atoms with E-state index in [9.17, 15) is 9.59 Å². The number of hydrogen-bond donors (Lipinski definition) is 2. The van der Waals surface area contributed by atoms with E-state index in [1.165, 1.54) is 11.8 Å². The standard InChI is InChI=1S/C11H15N3O2/c1-8(15)14(7-11(13)16)6-9-3-2-4-10(12)5-9/h2-5H,6-7,12H2,1H3,(H2,13,16). The lowest BCUT2D eigenvalue weighted by atomic mass is 10.2. The molecule has 0 aromatic heterocycles. The Labute approximate surface area is 94.0 Å². The molecule has 0 saturated carbocycles. The maximum absolute atomic E-state index is 11.3. The normalized spacial score (nSPS) is 9.81.